The molecule has 3 heteroatoms. The fraction of sp³-hybridized carbons (Fsp3) is 0.667. The highest BCUT2D eigenvalue weighted by Crippen LogP contribution is 2.38. The Balaban J connectivity index is 2.33. The lowest BCUT2D eigenvalue weighted by Gasteiger charge is -2.33. The second-order valence-electron chi connectivity index (χ2n) is 4.70. The lowest BCUT2D eigenvalue weighted by atomic mass is 9.77. The molecule has 0 aromatic carbocycles. The molecule has 0 radical (unpaired) electrons. The van der Waals surface area contributed by atoms with Gasteiger partial charge in [-0.05, 0) is 18.3 Å². The van der Waals surface area contributed by atoms with Crippen molar-refractivity contribution in [3.63, 3.8) is 0 Å². The van der Waals surface area contributed by atoms with E-state index in [1.807, 2.05) is 6.92 Å². The van der Waals surface area contributed by atoms with Crippen LogP contribution in [0.3, 0.4) is 0 Å². The minimum atomic E-state index is -0.570. The molecule has 1 aliphatic carbocycles. The van der Waals surface area contributed by atoms with E-state index < -0.39 is 5.92 Å². The van der Waals surface area contributed by atoms with Crippen LogP contribution in [0.1, 0.15) is 26.7 Å². The molecular weight excluding hydrogens is 192 g/mol. The fourth-order valence-electron chi connectivity index (χ4n) is 2.59. The van der Waals surface area contributed by atoms with Gasteiger partial charge in [0.2, 0.25) is 0 Å². The van der Waals surface area contributed by atoms with Crippen molar-refractivity contribution in [2.75, 3.05) is 6.61 Å². The van der Waals surface area contributed by atoms with Crippen molar-refractivity contribution < 1.29 is 14.3 Å². The third kappa shape index (κ3) is 1.71. The first kappa shape index (κ1) is 10.4. The number of hydrogen-bond acceptors (Lipinski definition) is 3. The van der Waals surface area contributed by atoms with Crippen LogP contribution in [0.25, 0.3) is 0 Å². The summed E-state index contributed by atoms with van der Waals surface area (Å²) in [6.45, 7) is 4.44. The van der Waals surface area contributed by atoms with Gasteiger partial charge in [-0.25, -0.2) is 0 Å². The van der Waals surface area contributed by atoms with E-state index in [-0.39, 0.29) is 18.3 Å². The number of ketones is 1. The van der Waals surface area contributed by atoms with E-state index in [0.717, 1.165) is 24.2 Å². The van der Waals surface area contributed by atoms with Gasteiger partial charge in [-0.3, -0.25) is 4.79 Å². The van der Waals surface area contributed by atoms with E-state index in [4.69, 9.17) is 4.74 Å². The van der Waals surface area contributed by atoms with Crippen LogP contribution in [-0.4, -0.2) is 18.7 Å². The highest BCUT2D eigenvalue weighted by Gasteiger charge is 2.37. The molecule has 1 unspecified atom stereocenters. The van der Waals surface area contributed by atoms with Gasteiger partial charge in [0, 0.05) is 12.0 Å². The number of Topliss-reactive ketones (excluding diaryl/α,β-unsaturated/α-hetero) is 1. The van der Waals surface area contributed by atoms with Gasteiger partial charge in [0.05, 0.1) is 0 Å². The number of rotatable bonds is 1. The lowest BCUT2D eigenvalue weighted by Crippen LogP contribution is -2.34. The maximum Gasteiger partial charge on any atom is 0.176 e. The van der Waals surface area contributed by atoms with Gasteiger partial charge in [0.15, 0.2) is 5.78 Å². The van der Waals surface area contributed by atoms with Gasteiger partial charge < -0.3 is 9.53 Å². The Morgan fingerprint density at radius 3 is 2.80 bits per heavy atom. The van der Waals surface area contributed by atoms with Gasteiger partial charge in [-0.1, -0.05) is 13.8 Å². The summed E-state index contributed by atoms with van der Waals surface area (Å²) in [4.78, 5) is 22.6. The number of allylic oxidation sites excluding steroid dienone is 2. The molecule has 1 aliphatic heterocycles. The average Bonchev–Trinajstić information content (AvgIpc) is 2.17. The SMILES string of the molecule is CC1C[C@@H](C)CC2=C1C(=O)[C@H](C=O)CO2. The molecule has 0 spiro atoms. The minimum Gasteiger partial charge on any atom is -0.496 e. The first-order chi connectivity index (χ1) is 7.13. The Hall–Kier alpha value is -1.12. The van der Waals surface area contributed by atoms with E-state index in [0.29, 0.717) is 12.2 Å². The Bertz CT molecular complexity index is 330. The normalized spacial score (nSPS) is 35.9. The van der Waals surface area contributed by atoms with Gasteiger partial charge in [-0.15, -0.1) is 0 Å². The average molecular weight is 208 g/mol. The third-order valence-electron chi connectivity index (χ3n) is 3.29. The van der Waals surface area contributed by atoms with Crippen LogP contribution in [0.4, 0.5) is 0 Å². The number of carbonyl (C=O) groups is 2. The second-order valence-corrected chi connectivity index (χ2v) is 4.70. The zero-order valence-electron chi connectivity index (χ0n) is 9.16. The van der Waals surface area contributed by atoms with Crippen molar-refractivity contribution in [3.8, 4) is 0 Å². The van der Waals surface area contributed by atoms with Crippen LogP contribution < -0.4 is 0 Å². The molecule has 15 heavy (non-hydrogen) atoms. The Morgan fingerprint density at radius 1 is 1.40 bits per heavy atom. The summed E-state index contributed by atoms with van der Waals surface area (Å²) in [5.41, 5.74) is 0.774. The minimum absolute atomic E-state index is 0.00866. The molecule has 3 atom stereocenters. The Morgan fingerprint density at radius 2 is 2.13 bits per heavy atom. The van der Waals surface area contributed by atoms with Crippen LogP contribution in [0.15, 0.2) is 11.3 Å². The maximum atomic E-state index is 11.9. The van der Waals surface area contributed by atoms with E-state index in [2.05, 4.69) is 6.92 Å². The van der Waals surface area contributed by atoms with E-state index >= 15 is 0 Å². The predicted octanol–water partition coefficient (Wildman–Crippen LogP) is 1.72. The summed E-state index contributed by atoms with van der Waals surface area (Å²) in [7, 11) is 0. The van der Waals surface area contributed by atoms with Crippen molar-refractivity contribution in [2.24, 2.45) is 17.8 Å². The molecule has 0 aromatic rings. The summed E-state index contributed by atoms with van der Waals surface area (Å²) in [6.07, 6.45) is 2.56. The van der Waals surface area contributed by atoms with Crippen LogP contribution in [0.2, 0.25) is 0 Å². The van der Waals surface area contributed by atoms with Gasteiger partial charge >= 0.3 is 0 Å². The smallest absolute Gasteiger partial charge is 0.176 e. The zero-order valence-corrected chi connectivity index (χ0v) is 9.16. The second kappa shape index (κ2) is 3.80. The number of hydrogen-bond donors (Lipinski definition) is 0. The molecule has 0 saturated heterocycles. The number of ether oxygens (including phenoxy) is 1. The fourth-order valence-corrected chi connectivity index (χ4v) is 2.59. The summed E-state index contributed by atoms with van der Waals surface area (Å²) in [5, 5.41) is 0. The molecule has 0 fully saturated rings. The topological polar surface area (TPSA) is 43.4 Å². The molecule has 0 N–H and O–H groups in total. The molecule has 82 valence electrons. The molecular formula is C12H16O3. The maximum absolute atomic E-state index is 11.9. The Labute approximate surface area is 89.5 Å². The monoisotopic (exact) mass is 208 g/mol. The molecule has 2 aliphatic rings. The van der Waals surface area contributed by atoms with Crippen LogP contribution in [0.5, 0.6) is 0 Å². The summed E-state index contributed by atoms with van der Waals surface area (Å²) < 4.78 is 5.52. The molecule has 0 amide bonds. The van der Waals surface area contributed by atoms with Crippen LogP contribution in [0, 0.1) is 17.8 Å². The number of aldehydes is 1. The van der Waals surface area contributed by atoms with E-state index in [9.17, 15) is 9.59 Å². The van der Waals surface area contributed by atoms with Gasteiger partial charge in [0.1, 0.15) is 24.6 Å². The van der Waals surface area contributed by atoms with E-state index in [1.54, 1.807) is 0 Å². The molecule has 1 heterocycles. The first-order valence-electron chi connectivity index (χ1n) is 5.48. The summed E-state index contributed by atoms with van der Waals surface area (Å²) in [5.74, 6) is 1.06. The number of carbonyl (C=O) groups excluding carboxylic acids is 2. The lowest BCUT2D eigenvalue weighted by molar-refractivity contribution is -0.129. The van der Waals surface area contributed by atoms with E-state index in [1.165, 1.54) is 0 Å². The first-order valence-corrected chi connectivity index (χ1v) is 5.48. The molecule has 0 aromatic heterocycles. The van der Waals surface area contributed by atoms with Crippen molar-refractivity contribution in [3.05, 3.63) is 11.3 Å². The van der Waals surface area contributed by atoms with Crippen molar-refractivity contribution in [2.45, 2.75) is 26.7 Å². The predicted molar refractivity (Wildman–Crippen MR) is 55.1 cm³/mol. The van der Waals surface area contributed by atoms with Crippen molar-refractivity contribution in [1.29, 1.82) is 0 Å². The highest BCUT2D eigenvalue weighted by molar-refractivity contribution is 6.06. The van der Waals surface area contributed by atoms with Crippen molar-refractivity contribution >= 4 is 12.1 Å². The standard InChI is InChI=1S/C12H16O3/c1-7-3-8(2)11-10(4-7)15-6-9(5-13)12(11)14/h5,7-9H,3-4,6H2,1-2H3/t7-,8?,9-/m1/s1. The van der Waals surface area contributed by atoms with Gasteiger partial charge in [0.25, 0.3) is 0 Å². The third-order valence-corrected chi connectivity index (χ3v) is 3.29. The molecule has 2 rings (SSSR count). The largest absolute Gasteiger partial charge is 0.496 e. The Kier molecular flexibility index (Phi) is 2.63. The van der Waals surface area contributed by atoms with Crippen LogP contribution >= 0.6 is 0 Å². The van der Waals surface area contributed by atoms with Crippen molar-refractivity contribution in [1.82, 2.24) is 0 Å². The quantitative estimate of drug-likeness (QED) is 0.487. The molecule has 0 bridgehead atoms. The summed E-state index contributed by atoms with van der Waals surface area (Å²) in [6, 6.07) is 0. The summed E-state index contributed by atoms with van der Waals surface area (Å²) >= 11 is 0. The van der Waals surface area contributed by atoms with Gasteiger partial charge in [-0.2, -0.15) is 0 Å². The highest BCUT2D eigenvalue weighted by atomic mass is 16.5. The molecule has 3 nitrogen and oxygen atoms in total. The zero-order chi connectivity index (χ0) is 11.0. The van der Waals surface area contributed by atoms with Crippen LogP contribution in [-0.2, 0) is 14.3 Å². The molecule has 0 saturated carbocycles.